The van der Waals surface area contributed by atoms with E-state index in [2.05, 4.69) is 0 Å². The second kappa shape index (κ2) is 3.76. The van der Waals surface area contributed by atoms with E-state index in [-0.39, 0.29) is 0 Å². The lowest BCUT2D eigenvalue weighted by atomic mass is 11.3. The average Bonchev–Trinajstić information content (AvgIpc) is 2.21. The Kier molecular flexibility index (Phi) is 2.28. The lowest BCUT2D eigenvalue weighted by molar-refractivity contribution is 0.482. The van der Waals surface area contributed by atoms with Crippen molar-refractivity contribution in [2.45, 2.75) is 0 Å². The van der Waals surface area contributed by atoms with Crippen LogP contribution in [0.2, 0.25) is 0 Å². The molecule has 13 heavy (non-hydrogen) atoms. The summed E-state index contributed by atoms with van der Waals surface area (Å²) in [6, 6.07) is 19.5. The van der Waals surface area contributed by atoms with E-state index in [1.807, 2.05) is 60.7 Å². The Morgan fingerprint density at radius 3 is 1.31 bits per heavy atom. The molecule has 0 radical (unpaired) electrons. The van der Waals surface area contributed by atoms with Crippen molar-refractivity contribution in [1.29, 1.82) is 0 Å². The van der Waals surface area contributed by atoms with Gasteiger partial charge in [0.15, 0.2) is 0 Å². The van der Waals surface area contributed by atoms with Crippen LogP contribution in [0.3, 0.4) is 0 Å². The zero-order chi connectivity index (χ0) is 8.93. The number of rotatable bonds is 2. The van der Waals surface area contributed by atoms with E-state index in [1.54, 1.807) is 0 Å². The SMILES string of the molecule is [13cH]1[13cH][13cH][13c](O[13c]2[13cH][13cH][13cH][13cH][13cH]2)[13cH][13cH]1. The van der Waals surface area contributed by atoms with Crippen molar-refractivity contribution in [3.8, 4) is 11.5 Å². The number of hydrogen-bond donors (Lipinski definition) is 0. The van der Waals surface area contributed by atoms with Crippen LogP contribution in [0.25, 0.3) is 0 Å². The molecule has 2 aromatic carbocycles. The van der Waals surface area contributed by atoms with Gasteiger partial charge in [0.25, 0.3) is 0 Å². The molecule has 0 aromatic heterocycles. The first-order valence-electron chi connectivity index (χ1n) is 4.23. The second-order valence-corrected chi connectivity index (χ2v) is 2.73. The van der Waals surface area contributed by atoms with Gasteiger partial charge in [-0.2, -0.15) is 0 Å². The molecule has 64 valence electrons. The van der Waals surface area contributed by atoms with Gasteiger partial charge in [0.05, 0.1) is 0 Å². The number of para-hydroxylation sites is 2. The maximum atomic E-state index is 5.58. The van der Waals surface area contributed by atoms with Gasteiger partial charge in [0.1, 0.15) is 11.5 Å². The highest BCUT2D eigenvalue weighted by Crippen LogP contribution is 2.19. The molecule has 0 heterocycles. The fraction of sp³-hybridized carbons (Fsp3) is 0. The highest BCUT2D eigenvalue weighted by Gasteiger charge is 1.92. The Labute approximate surface area is 77.6 Å². The van der Waals surface area contributed by atoms with Crippen LogP contribution in [0.1, 0.15) is 0 Å². The molecule has 0 aliphatic carbocycles. The zero-order valence-electron chi connectivity index (χ0n) is 7.18. The third-order valence-corrected chi connectivity index (χ3v) is 1.72. The molecule has 0 saturated heterocycles. The van der Waals surface area contributed by atoms with Crippen molar-refractivity contribution < 1.29 is 4.74 Å². The zero-order valence-corrected chi connectivity index (χ0v) is 7.18. The molecule has 0 N–H and O–H groups in total. The number of benzene rings is 2. The molecule has 1 heteroatoms. The van der Waals surface area contributed by atoms with Crippen molar-refractivity contribution in [3.05, 3.63) is 60.7 Å². The molecule has 0 unspecified atom stereocenters. The Morgan fingerprint density at radius 2 is 0.923 bits per heavy atom. The topological polar surface area (TPSA) is 9.23 Å². The standard InChI is InChI=1S/C12H10O/c1-3-7-11(8-4-1)13-12-9-5-2-6-10-12/h1-10H/i1+1,2+1,3+1,4+1,5+1,6+1,7+1,8+1,9+1,10+1,11+1,12+1. The molecule has 0 aliphatic rings. The number of ether oxygens (including phenoxy) is 1. The first-order chi connectivity index (χ1) is 6.45. The Balaban J connectivity index is 2.16. The first-order valence-corrected chi connectivity index (χ1v) is 4.23. The molecule has 0 aliphatic heterocycles. The van der Waals surface area contributed by atoms with Crippen molar-refractivity contribution in [2.75, 3.05) is 0 Å². The minimum absolute atomic E-state index is 0.869. The van der Waals surface area contributed by atoms with E-state index in [0.29, 0.717) is 0 Å². The molecular weight excluding hydrogens is 172 g/mol. The van der Waals surface area contributed by atoms with Gasteiger partial charge in [-0.15, -0.1) is 0 Å². The van der Waals surface area contributed by atoms with Gasteiger partial charge in [-0.1, -0.05) is 36.4 Å². The fourth-order valence-corrected chi connectivity index (χ4v) is 1.11. The van der Waals surface area contributed by atoms with E-state index in [0.717, 1.165) is 11.5 Å². The Morgan fingerprint density at radius 1 is 0.538 bits per heavy atom. The van der Waals surface area contributed by atoms with Crippen LogP contribution in [-0.2, 0) is 0 Å². The van der Waals surface area contributed by atoms with Crippen LogP contribution in [0, 0.1) is 0 Å². The summed E-state index contributed by atoms with van der Waals surface area (Å²) in [7, 11) is 0. The maximum absolute atomic E-state index is 5.58. The van der Waals surface area contributed by atoms with Gasteiger partial charge in [0.2, 0.25) is 0 Å². The van der Waals surface area contributed by atoms with E-state index in [1.165, 1.54) is 0 Å². The fourth-order valence-electron chi connectivity index (χ4n) is 1.11. The quantitative estimate of drug-likeness (QED) is 0.690. The summed E-state index contributed by atoms with van der Waals surface area (Å²) in [6.45, 7) is 0. The lowest BCUT2D eigenvalue weighted by Crippen LogP contribution is -1.81. The number of hydrogen-bond acceptors (Lipinski definition) is 1. The van der Waals surface area contributed by atoms with Crippen LogP contribution in [-0.4, -0.2) is 0 Å². The van der Waals surface area contributed by atoms with Gasteiger partial charge in [-0.05, 0) is 24.3 Å². The molecule has 0 saturated carbocycles. The van der Waals surface area contributed by atoms with E-state index in [4.69, 9.17) is 4.74 Å². The van der Waals surface area contributed by atoms with Crippen LogP contribution >= 0.6 is 0 Å². The molecule has 1 nitrogen and oxygen atoms in total. The minimum Gasteiger partial charge on any atom is -0.457 e. The van der Waals surface area contributed by atoms with Crippen LogP contribution in [0.5, 0.6) is 11.5 Å². The Hall–Kier alpha value is -1.76. The van der Waals surface area contributed by atoms with Crippen molar-refractivity contribution in [1.82, 2.24) is 0 Å². The molecule has 2 rings (SSSR count). The molecule has 0 fully saturated rings. The second-order valence-electron chi connectivity index (χ2n) is 2.73. The van der Waals surface area contributed by atoms with E-state index in [9.17, 15) is 0 Å². The first kappa shape index (κ1) is 7.87. The smallest absolute Gasteiger partial charge is 0.127 e. The summed E-state index contributed by atoms with van der Waals surface area (Å²) in [5.41, 5.74) is 0. The summed E-state index contributed by atoms with van der Waals surface area (Å²) in [5, 5.41) is 0. The highest BCUT2D eigenvalue weighted by atomic mass is 16.6. The van der Waals surface area contributed by atoms with Crippen LogP contribution in [0.15, 0.2) is 60.7 Å². The third-order valence-electron chi connectivity index (χ3n) is 1.72. The van der Waals surface area contributed by atoms with Crippen molar-refractivity contribution in [3.63, 3.8) is 0 Å². The predicted molar refractivity (Wildman–Crippen MR) is 53.0 cm³/mol. The van der Waals surface area contributed by atoms with Crippen molar-refractivity contribution >= 4 is 0 Å². The van der Waals surface area contributed by atoms with Crippen LogP contribution in [0.4, 0.5) is 0 Å². The molecule has 2 aromatic rings. The van der Waals surface area contributed by atoms with Gasteiger partial charge >= 0.3 is 0 Å². The summed E-state index contributed by atoms with van der Waals surface area (Å²) >= 11 is 0. The summed E-state index contributed by atoms with van der Waals surface area (Å²) in [6.07, 6.45) is 0. The Bertz CT molecular complexity index is 316. The van der Waals surface area contributed by atoms with Gasteiger partial charge in [0, 0.05) is 0 Å². The van der Waals surface area contributed by atoms with Crippen LogP contribution < -0.4 is 4.74 Å². The molecule has 0 bridgehead atoms. The molecule has 0 amide bonds. The summed E-state index contributed by atoms with van der Waals surface area (Å²) in [4.78, 5) is 0. The largest absolute Gasteiger partial charge is 0.457 e. The van der Waals surface area contributed by atoms with E-state index >= 15 is 0 Å². The minimum atomic E-state index is 0.869. The lowest BCUT2D eigenvalue weighted by Gasteiger charge is -2.03. The predicted octanol–water partition coefficient (Wildman–Crippen LogP) is 3.48. The van der Waals surface area contributed by atoms with Gasteiger partial charge < -0.3 is 4.74 Å². The summed E-state index contributed by atoms with van der Waals surface area (Å²) < 4.78 is 5.58. The summed E-state index contributed by atoms with van der Waals surface area (Å²) in [5.74, 6) is 1.74. The van der Waals surface area contributed by atoms with Crippen molar-refractivity contribution in [2.24, 2.45) is 0 Å². The normalized spacial score (nSPS) is 9.54. The van der Waals surface area contributed by atoms with E-state index < -0.39 is 0 Å². The average molecular weight is 182 g/mol. The molecule has 0 atom stereocenters. The third kappa shape index (κ3) is 2.09. The maximum Gasteiger partial charge on any atom is 0.127 e. The van der Waals surface area contributed by atoms with Gasteiger partial charge in [-0.3, -0.25) is 0 Å². The molecular formula is C12H10O. The molecule has 0 spiro atoms. The highest BCUT2D eigenvalue weighted by molar-refractivity contribution is 5.30. The van der Waals surface area contributed by atoms with Gasteiger partial charge in [-0.25, -0.2) is 0 Å². The monoisotopic (exact) mass is 182 g/mol.